The molecule has 1 fully saturated rings. The molecule has 1 aliphatic heterocycles. The predicted molar refractivity (Wildman–Crippen MR) is 86.5 cm³/mol. The number of aliphatic hydroxyl groups excluding tert-OH is 1. The van der Waals surface area contributed by atoms with Gasteiger partial charge in [-0.1, -0.05) is 31.5 Å². The number of benzene rings is 1. The molecule has 0 amide bonds. The summed E-state index contributed by atoms with van der Waals surface area (Å²) in [6, 6.07) is 5.93. The molecule has 1 aromatic rings. The zero-order valence-electron chi connectivity index (χ0n) is 12.8. The normalized spacial score (nSPS) is 21.9. The van der Waals surface area contributed by atoms with Crippen molar-refractivity contribution in [3.05, 3.63) is 28.8 Å². The molecule has 3 heteroatoms. The molecule has 1 aromatic carbocycles. The molecule has 0 radical (unpaired) electrons. The van der Waals surface area contributed by atoms with Crippen LogP contribution in [0.1, 0.15) is 51.7 Å². The van der Waals surface area contributed by atoms with E-state index in [-0.39, 0.29) is 0 Å². The van der Waals surface area contributed by atoms with Crippen molar-refractivity contribution in [2.75, 3.05) is 18.0 Å². The highest BCUT2D eigenvalue weighted by Crippen LogP contribution is 2.32. The molecule has 0 saturated carbocycles. The third kappa shape index (κ3) is 3.67. The highest BCUT2D eigenvalue weighted by atomic mass is 35.5. The first-order valence-electron chi connectivity index (χ1n) is 7.71. The van der Waals surface area contributed by atoms with E-state index >= 15 is 0 Å². The lowest BCUT2D eigenvalue weighted by molar-refractivity contribution is 0.199. The maximum absolute atomic E-state index is 9.62. The van der Waals surface area contributed by atoms with Crippen LogP contribution in [0.5, 0.6) is 0 Å². The Morgan fingerprint density at radius 1 is 1.20 bits per heavy atom. The molecule has 112 valence electrons. The molecule has 1 unspecified atom stereocenters. The van der Waals surface area contributed by atoms with Crippen molar-refractivity contribution < 1.29 is 5.11 Å². The number of rotatable bonds is 3. The number of halogens is 1. The van der Waals surface area contributed by atoms with Gasteiger partial charge in [-0.25, -0.2) is 0 Å². The van der Waals surface area contributed by atoms with E-state index in [9.17, 15) is 5.11 Å². The summed E-state index contributed by atoms with van der Waals surface area (Å²) in [5, 5.41) is 10.4. The van der Waals surface area contributed by atoms with Gasteiger partial charge in [0.15, 0.2) is 0 Å². The quantitative estimate of drug-likeness (QED) is 0.877. The summed E-state index contributed by atoms with van der Waals surface area (Å²) < 4.78 is 0. The first-order chi connectivity index (χ1) is 9.49. The lowest BCUT2D eigenvalue weighted by Gasteiger charge is -2.25. The van der Waals surface area contributed by atoms with Gasteiger partial charge in [0.25, 0.3) is 0 Å². The smallest absolute Gasteiger partial charge is 0.0762 e. The Bertz CT molecular complexity index is 445. The first kappa shape index (κ1) is 15.7. The van der Waals surface area contributed by atoms with Gasteiger partial charge in [0, 0.05) is 13.1 Å². The van der Waals surface area contributed by atoms with Gasteiger partial charge in [0.05, 0.1) is 16.8 Å². The van der Waals surface area contributed by atoms with Crippen LogP contribution in [0.25, 0.3) is 0 Å². The van der Waals surface area contributed by atoms with E-state index in [4.69, 9.17) is 11.6 Å². The van der Waals surface area contributed by atoms with Gasteiger partial charge in [-0.15, -0.1) is 0 Å². The van der Waals surface area contributed by atoms with Gasteiger partial charge in [-0.05, 0) is 55.7 Å². The third-order valence-electron chi connectivity index (χ3n) is 4.51. The van der Waals surface area contributed by atoms with Crippen molar-refractivity contribution in [2.45, 2.75) is 46.1 Å². The van der Waals surface area contributed by atoms with Gasteiger partial charge >= 0.3 is 0 Å². The summed E-state index contributed by atoms with van der Waals surface area (Å²) in [5.74, 6) is 1.60. The van der Waals surface area contributed by atoms with Crippen LogP contribution in [0.3, 0.4) is 0 Å². The molecule has 1 N–H and O–H groups in total. The van der Waals surface area contributed by atoms with Crippen molar-refractivity contribution in [1.29, 1.82) is 0 Å². The van der Waals surface area contributed by atoms with Crippen molar-refractivity contribution in [3.63, 3.8) is 0 Å². The van der Waals surface area contributed by atoms with Crippen LogP contribution < -0.4 is 4.90 Å². The molecule has 2 rings (SSSR count). The molecule has 0 bridgehead atoms. The number of hydrogen-bond acceptors (Lipinski definition) is 2. The summed E-state index contributed by atoms with van der Waals surface area (Å²) in [6.07, 6.45) is 3.33. The topological polar surface area (TPSA) is 23.5 Å². The highest BCUT2D eigenvalue weighted by Gasteiger charge is 2.21. The fraction of sp³-hybridized carbons (Fsp3) is 0.647. The van der Waals surface area contributed by atoms with Crippen LogP contribution in [-0.4, -0.2) is 18.2 Å². The molecule has 0 aromatic heterocycles. The summed E-state index contributed by atoms with van der Waals surface area (Å²) in [5.41, 5.74) is 1.99. The Morgan fingerprint density at radius 2 is 1.95 bits per heavy atom. The van der Waals surface area contributed by atoms with Crippen LogP contribution in [0.15, 0.2) is 18.2 Å². The van der Waals surface area contributed by atoms with Crippen molar-refractivity contribution in [3.8, 4) is 0 Å². The SMILES string of the molecule is CC(C)C1CCCN(c2ccc([C@H](C)O)cc2Cl)CC1. The Labute approximate surface area is 127 Å². The van der Waals surface area contributed by atoms with Crippen LogP contribution in [0, 0.1) is 11.8 Å². The van der Waals surface area contributed by atoms with Gasteiger partial charge in [-0.3, -0.25) is 0 Å². The number of nitrogens with zero attached hydrogens (tertiary/aromatic N) is 1. The summed E-state index contributed by atoms with van der Waals surface area (Å²) >= 11 is 6.41. The largest absolute Gasteiger partial charge is 0.389 e. The van der Waals surface area contributed by atoms with Crippen LogP contribution in [0.4, 0.5) is 5.69 Å². The van der Waals surface area contributed by atoms with Crippen molar-refractivity contribution in [1.82, 2.24) is 0 Å². The molecule has 20 heavy (non-hydrogen) atoms. The number of aliphatic hydroxyl groups is 1. The minimum atomic E-state index is -0.462. The predicted octanol–water partition coefficient (Wildman–Crippen LogP) is 4.66. The van der Waals surface area contributed by atoms with E-state index in [2.05, 4.69) is 24.8 Å². The van der Waals surface area contributed by atoms with E-state index < -0.39 is 6.10 Å². The molecule has 1 saturated heterocycles. The Morgan fingerprint density at radius 3 is 2.55 bits per heavy atom. The molecule has 0 spiro atoms. The zero-order valence-corrected chi connectivity index (χ0v) is 13.5. The lowest BCUT2D eigenvalue weighted by Crippen LogP contribution is -2.24. The Balaban J connectivity index is 2.12. The monoisotopic (exact) mass is 295 g/mol. The van der Waals surface area contributed by atoms with E-state index in [1.54, 1.807) is 6.92 Å². The number of anilines is 1. The van der Waals surface area contributed by atoms with E-state index in [1.807, 2.05) is 12.1 Å². The lowest BCUT2D eigenvalue weighted by atomic mass is 9.89. The minimum absolute atomic E-state index is 0.462. The van der Waals surface area contributed by atoms with E-state index in [1.165, 1.54) is 19.3 Å². The molecular weight excluding hydrogens is 270 g/mol. The molecule has 0 aliphatic carbocycles. The molecule has 2 atom stereocenters. The molecule has 2 nitrogen and oxygen atoms in total. The first-order valence-corrected chi connectivity index (χ1v) is 8.09. The highest BCUT2D eigenvalue weighted by molar-refractivity contribution is 6.33. The Kier molecular flexibility index (Phi) is 5.34. The molecule has 1 aliphatic rings. The van der Waals surface area contributed by atoms with E-state index in [0.29, 0.717) is 0 Å². The maximum Gasteiger partial charge on any atom is 0.0762 e. The average molecular weight is 296 g/mol. The summed E-state index contributed by atoms with van der Waals surface area (Å²) in [6.45, 7) is 8.58. The van der Waals surface area contributed by atoms with Gasteiger partial charge in [-0.2, -0.15) is 0 Å². The van der Waals surface area contributed by atoms with Crippen LogP contribution in [-0.2, 0) is 0 Å². The summed E-state index contributed by atoms with van der Waals surface area (Å²) in [4.78, 5) is 2.40. The average Bonchev–Trinajstić information content (AvgIpc) is 2.64. The van der Waals surface area contributed by atoms with Crippen LogP contribution in [0.2, 0.25) is 5.02 Å². The molecular formula is C17H26ClNO. The number of hydrogen-bond donors (Lipinski definition) is 1. The fourth-order valence-corrected chi connectivity index (χ4v) is 3.38. The standard InChI is InChI=1S/C17H26ClNO/c1-12(2)14-5-4-9-19(10-8-14)17-7-6-15(13(3)20)11-16(17)18/h6-7,11-14,20H,4-5,8-10H2,1-3H3/t13-,14?/m0/s1. The van der Waals surface area contributed by atoms with Crippen LogP contribution >= 0.6 is 11.6 Å². The van der Waals surface area contributed by atoms with Gasteiger partial charge in [0.2, 0.25) is 0 Å². The zero-order chi connectivity index (χ0) is 14.7. The van der Waals surface area contributed by atoms with Crippen molar-refractivity contribution in [2.24, 2.45) is 11.8 Å². The third-order valence-corrected chi connectivity index (χ3v) is 4.81. The fourth-order valence-electron chi connectivity index (χ4n) is 3.07. The second-order valence-corrected chi connectivity index (χ2v) is 6.72. The second kappa shape index (κ2) is 6.82. The van der Waals surface area contributed by atoms with Gasteiger partial charge in [0.1, 0.15) is 0 Å². The van der Waals surface area contributed by atoms with E-state index in [0.717, 1.165) is 41.2 Å². The molecule has 1 heterocycles. The summed E-state index contributed by atoms with van der Waals surface area (Å²) in [7, 11) is 0. The van der Waals surface area contributed by atoms with Gasteiger partial charge < -0.3 is 10.0 Å². The Hall–Kier alpha value is -0.730. The maximum atomic E-state index is 9.62. The van der Waals surface area contributed by atoms with Crippen molar-refractivity contribution >= 4 is 17.3 Å². The second-order valence-electron chi connectivity index (χ2n) is 6.31. The minimum Gasteiger partial charge on any atom is -0.389 e.